The van der Waals surface area contributed by atoms with E-state index < -0.39 is 24.3 Å². The maximum Gasteiger partial charge on any atom is 0.490 e. The molecular weight excluding hydrogens is 499 g/mol. The van der Waals surface area contributed by atoms with Gasteiger partial charge in [-0.3, -0.25) is 14.6 Å². The standard InChI is InChI=1S/C25H27ClF3N3O4/c1-35-21-5-3-2-4-19(21)23(33)32-15-20(22(16-32)36-24(34)25(27,28)29)31-12-10-30(11-13-31)14-17-6-8-18(26)9-7-17/h2-9,20,22H,10-16H2,1H3/t20-,22-/m0/s1. The largest absolute Gasteiger partial charge is 0.496 e. The second kappa shape index (κ2) is 11.1. The highest BCUT2D eigenvalue weighted by Crippen LogP contribution is 2.28. The van der Waals surface area contributed by atoms with Crippen LogP contribution in [0.25, 0.3) is 0 Å². The fourth-order valence-corrected chi connectivity index (χ4v) is 4.81. The average Bonchev–Trinajstić information content (AvgIpc) is 3.28. The molecule has 1 amide bonds. The highest BCUT2D eigenvalue weighted by molar-refractivity contribution is 6.30. The molecule has 7 nitrogen and oxygen atoms in total. The van der Waals surface area contributed by atoms with Crippen LogP contribution in [0.4, 0.5) is 13.2 Å². The molecule has 11 heteroatoms. The summed E-state index contributed by atoms with van der Waals surface area (Å²) in [4.78, 5) is 30.5. The Morgan fingerprint density at radius 1 is 1.00 bits per heavy atom. The Kier molecular flexibility index (Phi) is 8.07. The zero-order valence-corrected chi connectivity index (χ0v) is 20.5. The fourth-order valence-electron chi connectivity index (χ4n) is 4.69. The molecule has 2 aromatic rings. The number of nitrogens with zero attached hydrogens (tertiary/aromatic N) is 3. The molecule has 0 aliphatic carbocycles. The second-order valence-corrected chi connectivity index (χ2v) is 9.29. The van der Waals surface area contributed by atoms with E-state index in [1.807, 2.05) is 29.2 Å². The number of hydrogen-bond donors (Lipinski definition) is 0. The zero-order chi connectivity index (χ0) is 25.9. The van der Waals surface area contributed by atoms with E-state index in [1.54, 1.807) is 24.3 Å². The first-order chi connectivity index (χ1) is 17.2. The van der Waals surface area contributed by atoms with Gasteiger partial charge in [-0.2, -0.15) is 13.2 Å². The van der Waals surface area contributed by atoms with Gasteiger partial charge in [0, 0.05) is 44.3 Å². The predicted octanol–water partition coefficient (Wildman–Crippen LogP) is 3.46. The van der Waals surface area contributed by atoms with Crippen LogP contribution < -0.4 is 4.74 Å². The number of para-hydroxylation sites is 1. The Hall–Kier alpha value is -2.82. The van der Waals surface area contributed by atoms with E-state index >= 15 is 0 Å². The Morgan fingerprint density at radius 2 is 1.67 bits per heavy atom. The number of hydrogen-bond acceptors (Lipinski definition) is 6. The molecule has 4 rings (SSSR count). The van der Waals surface area contributed by atoms with Crippen LogP contribution in [0, 0.1) is 0 Å². The molecule has 36 heavy (non-hydrogen) atoms. The molecule has 2 heterocycles. The first-order valence-corrected chi connectivity index (χ1v) is 11.9. The zero-order valence-electron chi connectivity index (χ0n) is 19.7. The van der Waals surface area contributed by atoms with Crippen molar-refractivity contribution < 1.29 is 32.2 Å². The molecule has 0 spiro atoms. The summed E-state index contributed by atoms with van der Waals surface area (Å²) in [6.07, 6.45) is -6.21. The molecule has 0 saturated carbocycles. The summed E-state index contributed by atoms with van der Waals surface area (Å²) in [5.41, 5.74) is 1.41. The minimum atomic E-state index is -5.11. The van der Waals surface area contributed by atoms with Crippen molar-refractivity contribution in [1.29, 1.82) is 0 Å². The summed E-state index contributed by atoms with van der Waals surface area (Å²) in [7, 11) is 1.44. The number of ether oxygens (including phenoxy) is 2. The molecule has 2 atom stereocenters. The molecule has 0 radical (unpaired) electrons. The van der Waals surface area contributed by atoms with Gasteiger partial charge in [-0.15, -0.1) is 0 Å². The molecule has 0 unspecified atom stereocenters. The minimum Gasteiger partial charge on any atom is -0.496 e. The van der Waals surface area contributed by atoms with E-state index in [1.165, 1.54) is 12.0 Å². The third-order valence-electron chi connectivity index (χ3n) is 6.55. The highest BCUT2D eigenvalue weighted by atomic mass is 35.5. The van der Waals surface area contributed by atoms with Crippen LogP contribution in [0.1, 0.15) is 15.9 Å². The number of methoxy groups -OCH3 is 1. The predicted molar refractivity (Wildman–Crippen MR) is 127 cm³/mol. The number of likely N-dealkylation sites (tertiary alicyclic amines) is 1. The summed E-state index contributed by atoms with van der Waals surface area (Å²) >= 11 is 5.95. The number of benzene rings is 2. The molecule has 194 valence electrons. The second-order valence-electron chi connectivity index (χ2n) is 8.86. The highest BCUT2D eigenvalue weighted by Gasteiger charge is 2.48. The van der Waals surface area contributed by atoms with Crippen LogP contribution >= 0.6 is 11.6 Å². The number of piperazine rings is 1. The maximum atomic E-state index is 13.2. The number of esters is 1. The van der Waals surface area contributed by atoms with Gasteiger partial charge in [0.25, 0.3) is 5.91 Å². The van der Waals surface area contributed by atoms with E-state index in [9.17, 15) is 22.8 Å². The summed E-state index contributed by atoms with van der Waals surface area (Å²) in [5, 5.41) is 0.663. The average molecular weight is 526 g/mol. The summed E-state index contributed by atoms with van der Waals surface area (Å²) < 4.78 is 49.1. The van der Waals surface area contributed by atoms with Crippen LogP contribution in [0.3, 0.4) is 0 Å². The van der Waals surface area contributed by atoms with E-state index in [4.69, 9.17) is 21.1 Å². The van der Waals surface area contributed by atoms with Crippen LogP contribution in [-0.2, 0) is 16.1 Å². The van der Waals surface area contributed by atoms with E-state index in [0.717, 1.165) is 12.1 Å². The Balaban J connectivity index is 1.45. The van der Waals surface area contributed by atoms with Gasteiger partial charge < -0.3 is 14.4 Å². The smallest absolute Gasteiger partial charge is 0.490 e. The van der Waals surface area contributed by atoms with Crippen molar-refractivity contribution in [1.82, 2.24) is 14.7 Å². The van der Waals surface area contributed by atoms with Crippen LogP contribution in [0.5, 0.6) is 5.75 Å². The third-order valence-corrected chi connectivity index (χ3v) is 6.80. The van der Waals surface area contributed by atoms with Crippen LogP contribution in [-0.4, -0.2) is 91.3 Å². The third kappa shape index (κ3) is 6.11. The first kappa shape index (κ1) is 26.2. The van der Waals surface area contributed by atoms with Gasteiger partial charge >= 0.3 is 12.1 Å². The van der Waals surface area contributed by atoms with Gasteiger partial charge in [-0.25, -0.2) is 4.79 Å². The molecule has 2 saturated heterocycles. The van der Waals surface area contributed by atoms with Crippen molar-refractivity contribution in [3.8, 4) is 5.75 Å². The van der Waals surface area contributed by atoms with Gasteiger partial charge in [-0.1, -0.05) is 35.9 Å². The lowest BCUT2D eigenvalue weighted by Gasteiger charge is -2.39. The van der Waals surface area contributed by atoms with Gasteiger partial charge in [0.05, 0.1) is 25.3 Å². The summed E-state index contributed by atoms with van der Waals surface area (Å²) in [5.74, 6) is -2.26. The molecular formula is C25H27ClF3N3O4. The first-order valence-electron chi connectivity index (χ1n) is 11.6. The number of alkyl halides is 3. The topological polar surface area (TPSA) is 62.3 Å². The van der Waals surface area contributed by atoms with Gasteiger partial charge in [0.1, 0.15) is 11.9 Å². The van der Waals surface area contributed by atoms with Gasteiger partial charge in [0.2, 0.25) is 0 Å². The lowest BCUT2D eigenvalue weighted by atomic mass is 10.1. The van der Waals surface area contributed by atoms with E-state index in [0.29, 0.717) is 42.5 Å². The minimum absolute atomic E-state index is 0.131. The summed E-state index contributed by atoms with van der Waals surface area (Å²) in [6.45, 7) is 3.22. The maximum absolute atomic E-state index is 13.2. The summed E-state index contributed by atoms with van der Waals surface area (Å²) in [6, 6.07) is 13.7. The van der Waals surface area contributed by atoms with E-state index in [2.05, 4.69) is 4.90 Å². The lowest BCUT2D eigenvalue weighted by Crippen LogP contribution is -2.54. The van der Waals surface area contributed by atoms with Crippen molar-refractivity contribution >= 4 is 23.5 Å². The number of rotatable bonds is 6. The number of amides is 1. The quantitative estimate of drug-likeness (QED) is 0.538. The number of carbonyl (C=O) groups excluding carboxylic acids is 2. The Labute approximate surface area is 212 Å². The lowest BCUT2D eigenvalue weighted by molar-refractivity contribution is -0.206. The number of halogens is 4. The van der Waals surface area contributed by atoms with Crippen LogP contribution in [0.2, 0.25) is 5.02 Å². The van der Waals surface area contributed by atoms with Crippen molar-refractivity contribution in [2.45, 2.75) is 24.9 Å². The van der Waals surface area contributed by atoms with E-state index in [-0.39, 0.29) is 19.0 Å². The molecule has 0 N–H and O–H groups in total. The molecule has 0 bridgehead atoms. The Bertz CT molecular complexity index is 1070. The van der Waals surface area contributed by atoms with Gasteiger partial charge in [-0.05, 0) is 29.8 Å². The normalized spacial score (nSPS) is 21.4. The Morgan fingerprint density at radius 3 is 2.31 bits per heavy atom. The molecule has 2 aromatic carbocycles. The molecule has 2 aliphatic heterocycles. The molecule has 0 aromatic heterocycles. The van der Waals surface area contributed by atoms with Crippen LogP contribution in [0.15, 0.2) is 48.5 Å². The fraction of sp³-hybridized carbons (Fsp3) is 0.440. The van der Waals surface area contributed by atoms with Gasteiger partial charge in [0.15, 0.2) is 0 Å². The van der Waals surface area contributed by atoms with Crippen molar-refractivity contribution in [3.05, 3.63) is 64.7 Å². The van der Waals surface area contributed by atoms with Crippen molar-refractivity contribution in [2.24, 2.45) is 0 Å². The van der Waals surface area contributed by atoms with Crippen molar-refractivity contribution in [2.75, 3.05) is 46.4 Å². The molecule has 2 fully saturated rings. The molecule has 2 aliphatic rings. The number of carbonyl (C=O) groups is 2. The monoisotopic (exact) mass is 525 g/mol. The SMILES string of the molecule is COc1ccccc1C(=O)N1C[C@H](OC(=O)C(F)(F)F)[C@@H](N2CCN(Cc3ccc(Cl)cc3)CC2)C1. The van der Waals surface area contributed by atoms with Crippen molar-refractivity contribution in [3.63, 3.8) is 0 Å².